The summed E-state index contributed by atoms with van der Waals surface area (Å²) in [7, 11) is 1.61. The number of methoxy groups -OCH3 is 1. The number of H-pyrrole nitrogens is 1. The molecular weight excluding hydrogens is 346 g/mol. The van der Waals surface area contributed by atoms with E-state index in [1.54, 1.807) is 13.3 Å². The zero-order chi connectivity index (χ0) is 18.6. The maximum atomic E-state index is 12.2. The molecule has 8 nitrogen and oxygen atoms in total. The zero-order valence-corrected chi connectivity index (χ0v) is 14.6. The topological polar surface area (TPSA) is 106 Å². The van der Waals surface area contributed by atoms with Gasteiger partial charge in [-0.3, -0.25) is 9.89 Å². The van der Waals surface area contributed by atoms with Crippen molar-refractivity contribution in [2.75, 3.05) is 12.4 Å². The first kappa shape index (κ1) is 16.8. The van der Waals surface area contributed by atoms with Crippen molar-refractivity contribution in [1.82, 2.24) is 20.3 Å². The minimum atomic E-state index is -0.138. The minimum absolute atomic E-state index is 0.138. The maximum Gasteiger partial charge on any atom is 0.227 e. The Kier molecular flexibility index (Phi) is 4.52. The zero-order valence-electron chi connectivity index (χ0n) is 14.6. The highest BCUT2D eigenvalue weighted by atomic mass is 16.5. The van der Waals surface area contributed by atoms with Crippen molar-refractivity contribution in [2.24, 2.45) is 0 Å². The molecule has 4 rings (SSSR count). The lowest BCUT2D eigenvalue weighted by Crippen LogP contribution is -2.12. The fourth-order valence-corrected chi connectivity index (χ4v) is 2.72. The van der Waals surface area contributed by atoms with E-state index >= 15 is 0 Å². The molecule has 2 aromatic carbocycles. The third kappa shape index (κ3) is 3.64. The molecule has 0 aliphatic carbocycles. The van der Waals surface area contributed by atoms with Crippen LogP contribution in [0.15, 0.2) is 53.2 Å². The smallest absolute Gasteiger partial charge is 0.227 e. The molecule has 0 atom stereocenters. The SMILES string of the molecule is COc1ccc(-c2noc(CCC(=O)Nc3cccc4cn[nH]c34)n2)cc1. The quantitative estimate of drug-likeness (QED) is 0.545. The van der Waals surface area contributed by atoms with Crippen molar-refractivity contribution >= 4 is 22.5 Å². The summed E-state index contributed by atoms with van der Waals surface area (Å²) in [5.41, 5.74) is 2.31. The first-order valence-electron chi connectivity index (χ1n) is 8.42. The first-order valence-corrected chi connectivity index (χ1v) is 8.42. The number of aromatic amines is 1. The van der Waals surface area contributed by atoms with Gasteiger partial charge in [-0.05, 0) is 30.3 Å². The number of ether oxygens (including phenoxy) is 1. The lowest BCUT2D eigenvalue weighted by molar-refractivity contribution is -0.116. The van der Waals surface area contributed by atoms with Crippen LogP contribution in [0.5, 0.6) is 5.75 Å². The molecule has 2 N–H and O–H groups in total. The summed E-state index contributed by atoms with van der Waals surface area (Å²) in [4.78, 5) is 16.6. The number of hydrogen-bond donors (Lipinski definition) is 2. The molecule has 0 saturated carbocycles. The van der Waals surface area contributed by atoms with E-state index in [2.05, 4.69) is 25.7 Å². The van der Waals surface area contributed by atoms with Crippen LogP contribution in [0.25, 0.3) is 22.3 Å². The number of aryl methyl sites for hydroxylation is 1. The average molecular weight is 363 g/mol. The number of nitrogens with one attached hydrogen (secondary N) is 2. The summed E-state index contributed by atoms with van der Waals surface area (Å²) in [5.74, 6) is 1.51. The van der Waals surface area contributed by atoms with E-state index in [0.29, 0.717) is 23.8 Å². The van der Waals surface area contributed by atoms with E-state index in [0.717, 1.165) is 22.2 Å². The second-order valence-corrected chi connectivity index (χ2v) is 5.93. The Morgan fingerprint density at radius 1 is 1.22 bits per heavy atom. The Balaban J connectivity index is 1.38. The van der Waals surface area contributed by atoms with Crippen LogP contribution in [0.3, 0.4) is 0 Å². The summed E-state index contributed by atoms with van der Waals surface area (Å²) >= 11 is 0. The van der Waals surface area contributed by atoms with Crippen LogP contribution < -0.4 is 10.1 Å². The molecule has 0 bridgehead atoms. The molecule has 4 aromatic rings. The lowest BCUT2D eigenvalue weighted by Gasteiger charge is -2.05. The number of nitrogens with zero attached hydrogens (tertiary/aromatic N) is 3. The van der Waals surface area contributed by atoms with Crippen LogP contribution in [-0.4, -0.2) is 33.4 Å². The van der Waals surface area contributed by atoms with Crippen LogP contribution in [0.4, 0.5) is 5.69 Å². The molecule has 0 radical (unpaired) electrons. The third-order valence-corrected chi connectivity index (χ3v) is 4.13. The van der Waals surface area contributed by atoms with E-state index in [9.17, 15) is 4.79 Å². The van der Waals surface area contributed by atoms with Gasteiger partial charge in [0.1, 0.15) is 5.75 Å². The van der Waals surface area contributed by atoms with Crippen molar-refractivity contribution in [3.63, 3.8) is 0 Å². The van der Waals surface area contributed by atoms with E-state index in [1.165, 1.54) is 0 Å². The van der Waals surface area contributed by atoms with Crippen LogP contribution in [0.1, 0.15) is 12.3 Å². The van der Waals surface area contributed by atoms with Crippen LogP contribution >= 0.6 is 0 Å². The van der Waals surface area contributed by atoms with Gasteiger partial charge in [-0.15, -0.1) is 0 Å². The van der Waals surface area contributed by atoms with Crippen molar-refractivity contribution in [3.05, 3.63) is 54.6 Å². The Labute approximate surface area is 154 Å². The highest BCUT2D eigenvalue weighted by Crippen LogP contribution is 2.22. The third-order valence-electron chi connectivity index (χ3n) is 4.13. The van der Waals surface area contributed by atoms with Gasteiger partial charge in [0.05, 0.1) is 24.5 Å². The predicted molar refractivity (Wildman–Crippen MR) is 99.3 cm³/mol. The number of hydrogen-bond acceptors (Lipinski definition) is 6. The standard InChI is InChI=1S/C19H17N5O3/c1-26-14-7-5-12(6-8-14)19-22-17(27-24-19)10-9-16(25)21-15-4-2-3-13-11-20-23-18(13)15/h2-8,11H,9-10H2,1H3,(H,20,23)(H,21,25). The van der Waals surface area contributed by atoms with Crippen molar-refractivity contribution < 1.29 is 14.1 Å². The molecule has 0 spiro atoms. The second-order valence-electron chi connectivity index (χ2n) is 5.93. The average Bonchev–Trinajstić information content (AvgIpc) is 3.36. The van der Waals surface area contributed by atoms with Crippen LogP contribution in [0, 0.1) is 0 Å². The summed E-state index contributed by atoms with van der Waals surface area (Å²) < 4.78 is 10.4. The molecule has 0 aliphatic rings. The molecule has 136 valence electrons. The summed E-state index contributed by atoms with van der Waals surface area (Å²) in [6.07, 6.45) is 2.30. The highest BCUT2D eigenvalue weighted by Gasteiger charge is 2.12. The molecule has 0 fully saturated rings. The van der Waals surface area contributed by atoms with E-state index in [4.69, 9.17) is 9.26 Å². The number of amides is 1. The van der Waals surface area contributed by atoms with Gasteiger partial charge in [0.15, 0.2) is 0 Å². The largest absolute Gasteiger partial charge is 0.497 e. The van der Waals surface area contributed by atoms with Gasteiger partial charge >= 0.3 is 0 Å². The molecule has 0 aliphatic heterocycles. The highest BCUT2D eigenvalue weighted by molar-refractivity contribution is 6.00. The molecule has 0 saturated heterocycles. The predicted octanol–water partition coefficient (Wildman–Crippen LogP) is 3.19. The van der Waals surface area contributed by atoms with Gasteiger partial charge in [0, 0.05) is 23.8 Å². The number of rotatable bonds is 6. The molecule has 1 amide bonds. The molecule has 8 heteroatoms. The molecule has 2 heterocycles. The fourth-order valence-electron chi connectivity index (χ4n) is 2.72. The summed E-state index contributed by atoms with van der Waals surface area (Å²) in [6, 6.07) is 13.0. The second kappa shape index (κ2) is 7.28. The minimum Gasteiger partial charge on any atom is -0.497 e. The maximum absolute atomic E-state index is 12.2. The first-order chi connectivity index (χ1) is 13.2. The van der Waals surface area contributed by atoms with E-state index in [1.807, 2.05) is 42.5 Å². The number of anilines is 1. The van der Waals surface area contributed by atoms with Crippen molar-refractivity contribution in [3.8, 4) is 17.1 Å². The van der Waals surface area contributed by atoms with Crippen molar-refractivity contribution in [2.45, 2.75) is 12.8 Å². The number of benzene rings is 2. The number of fused-ring (bicyclic) bond motifs is 1. The Morgan fingerprint density at radius 3 is 2.89 bits per heavy atom. The van der Waals surface area contributed by atoms with E-state index in [-0.39, 0.29) is 12.3 Å². The Hall–Kier alpha value is -3.68. The molecule has 27 heavy (non-hydrogen) atoms. The van der Waals surface area contributed by atoms with Gasteiger partial charge in [-0.1, -0.05) is 17.3 Å². The Bertz CT molecular complexity index is 1070. The summed E-state index contributed by atoms with van der Waals surface area (Å²) in [5, 5.41) is 14.7. The van der Waals surface area contributed by atoms with Crippen molar-refractivity contribution in [1.29, 1.82) is 0 Å². The lowest BCUT2D eigenvalue weighted by atomic mass is 10.2. The van der Waals surface area contributed by atoms with Gasteiger partial charge in [0.25, 0.3) is 0 Å². The number of aromatic nitrogens is 4. The number of carbonyl (C=O) groups is 1. The summed E-state index contributed by atoms with van der Waals surface area (Å²) in [6.45, 7) is 0. The molecule has 2 aromatic heterocycles. The van der Waals surface area contributed by atoms with Gasteiger partial charge < -0.3 is 14.6 Å². The van der Waals surface area contributed by atoms with Crippen LogP contribution in [0.2, 0.25) is 0 Å². The van der Waals surface area contributed by atoms with E-state index < -0.39 is 0 Å². The van der Waals surface area contributed by atoms with Crippen LogP contribution in [-0.2, 0) is 11.2 Å². The van der Waals surface area contributed by atoms with Gasteiger partial charge in [-0.2, -0.15) is 10.1 Å². The normalized spacial score (nSPS) is 10.9. The Morgan fingerprint density at radius 2 is 2.07 bits per heavy atom. The monoisotopic (exact) mass is 363 g/mol. The number of para-hydroxylation sites is 1. The van der Waals surface area contributed by atoms with Gasteiger partial charge in [-0.25, -0.2) is 0 Å². The molecular formula is C19H17N5O3. The number of carbonyl (C=O) groups excluding carboxylic acids is 1. The fraction of sp³-hybridized carbons (Fsp3) is 0.158. The molecule has 0 unspecified atom stereocenters. The van der Waals surface area contributed by atoms with Gasteiger partial charge in [0.2, 0.25) is 17.6 Å².